The summed E-state index contributed by atoms with van der Waals surface area (Å²) in [7, 11) is 0. The predicted molar refractivity (Wildman–Crippen MR) is 38.8 cm³/mol. The zero-order chi connectivity index (χ0) is 9.30. The van der Waals surface area contributed by atoms with Gasteiger partial charge in [0.15, 0.2) is 5.37 Å². The number of hydrogen-bond donors (Lipinski definition) is 2. The van der Waals surface area contributed by atoms with Crippen molar-refractivity contribution < 1.29 is 24.6 Å². The van der Waals surface area contributed by atoms with Crippen LogP contribution in [0.25, 0.3) is 0 Å². The predicted octanol–water partition coefficient (Wildman–Crippen LogP) is -0.349. The van der Waals surface area contributed by atoms with Crippen LogP contribution < -0.4 is 0 Å². The summed E-state index contributed by atoms with van der Waals surface area (Å²) in [5.74, 6) is -1.31. The summed E-state index contributed by atoms with van der Waals surface area (Å²) in [6.07, 6.45) is -1.39. The molecular weight excluding hydrogens is 186 g/mol. The Labute approximate surface area is 71.1 Å². The largest absolute Gasteiger partial charge is 0.479 e. The van der Waals surface area contributed by atoms with Gasteiger partial charge in [-0.2, -0.15) is 0 Å². The molecule has 0 aromatic heterocycles. The number of amides is 1. The van der Waals surface area contributed by atoms with E-state index in [1.54, 1.807) is 0 Å². The van der Waals surface area contributed by atoms with Crippen molar-refractivity contribution in [2.45, 2.75) is 5.37 Å². The van der Waals surface area contributed by atoms with Crippen LogP contribution in [0.5, 0.6) is 0 Å². The van der Waals surface area contributed by atoms with E-state index < -0.39 is 22.6 Å². The second kappa shape index (κ2) is 3.02. The van der Waals surface area contributed by atoms with Gasteiger partial charge in [-0.1, -0.05) is 0 Å². The minimum Gasteiger partial charge on any atom is -0.479 e. The van der Waals surface area contributed by atoms with Gasteiger partial charge in [0.1, 0.15) is 0 Å². The minimum atomic E-state index is -1.39. The molecule has 0 saturated carbocycles. The molecular formula is C5H5NO5S. The molecule has 1 aliphatic heterocycles. The highest BCUT2D eigenvalue weighted by Gasteiger charge is 2.39. The van der Waals surface area contributed by atoms with E-state index in [4.69, 9.17) is 10.2 Å². The average molecular weight is 191 g/mol. The Morgan fingerprint density at radius 3 is 2.42 bits per heavy atom. The van der Waals surface area contributed by atoms with Gasteiger partial charge < -0.3 is 10.2 Å². The molecule has 0 aliphatic carbocycles. The molecule has 0 aromatic carbocycles. The van der Waals surface area contributed by atoms with Crippen molar-refractivity contribution in [3.8, 4) is 0 Å². The molecule has 6 nitrogen and oxygen atoms in total. The van der Waals surface area contributed by atoms with Gasteiger partial charge in [0.2, 0.25) is 5.12 Å². The van der Waals surface area contributed by atoms with Gasteiger partial charge in [0.25, 0.3) is 0 Å². The lowest BCUT2D eigenvalue weighted by molar-refractivity contribution is -0.138. The Hall–Kier alpha value is -1.24. The Kier molecular flexibility index (Phi) is 2.22. The zero-order valence-corrected chi connectivity index (χ0v) is 6.58. The number of thioether (sulfide) groups is 1. The van der Waals surface area contributed by atoms with Crippen LogP contribution in [0.4, 0.5) is 4.79 Å². The average Bonchev–Trinajstić information content (AvgIpc) is 2.31. The highest BCUT2D eigenvalue weighted by atomic mass is 32.2. The maximum absolute atomic E-state index is 10.7. The first-order valence-corrected chi connectivity index (χ1v) is 3.82. The van der Waals surface area contributed by atoms with Gasteiger partial charge in [-0.15, -0.1) is 0 Å². The van der Waals surface area contributed by atoms with Gasteiger partial charge >= 0.3 is 12.1 Å². The van der Waals surface area contributed by atoms with E-state index in [-0.39, 0.29) is 6.54 Å². The summed E-state index contributed by atoms with van der Waals surface area (Å²) in [4.78, 5) is 32.0. The summed E-state index contributed by atoms with van der Waals surface area (Å²) in [6.45, 7) is -0.350. The van der Waals surface area contributed by atoms with Crippen LogP contribution in [-0.4, -0.2) is 44.2 Å². The molecule has 0 bridgehead atoms. The number of carbonyl (C=O) groups excluding carboxylic acids is 1. The number of carboxylic acid groups (broad SMARTS) is 2. The third-order valence-corrected chi connectivity index (χ3v) is 2.35. The fraction of sp³-hybridized carbons (Fsp3) is 0.400. The van der Waals surface area contributed by atoms with E-state index in [9.17, 15) is 14.4 Å². The highest BCUT2D eigenvalue weighted by molar-refractivity contribution is 8.15. The Morgan fingerprint density at radius 1 is 1.50 bits per heavy atom. The standard InChI is InChI=1S/C5H5NO5S/c7-2-1-6(5(10)11)3(12-2)4(8)9/h3H,1H2,(H,8,9)(H,10,11). The molecule has 1 saturated heterocycles. The Balaban J connectivity index is 2.79. The fourth-order valence-electron chi connectivity index (χ4n) is 0.799. The maximum Gasteiger partial charge on any atom is 0.409 e. The summed E-state index contributed by atoms with van der Waals surface area (Å²) in [5.41, 5.74) is 0. The molecule has 66 valence electrons. The quantitative estimate of drug-likeness (QED) is 0.588. The van der Waals surface area contributed by atoms with Crippen molar-refractivity contribution >= 4 is 28.9 Å². The van der Waals surface area contributed by atoms with Crippen molar-refractivity contribution in [1.82, 2.24) is 4.90 Å². The molecule has 0 spiro atoms. The van der Waals surface area contributed by atoms with Crippen molar-refractivity contribution in [2.24, 2.45) is 0 Å². The molecule has 1 atom stereocenters. The minimum absolute atomic E-state index is 0.350. The number of carbonyl (C=O) groups is 3. The molecule has 1 rings (SSSR count). The monoisotopic (exact) mass is 191 g/mol. The van der Waals surface area contributed by atoms with E-state index in [1.807, 2.05) is 0 Å². The van der Waals surface area contributed by atoms with Gasteiger partial charge in [-0.25, -0.2) is 9.59 Å². The van der Waals surface area contributed by atoms with E-state index in [2.05, 4.69) is 0 Å². The maximum atomic E-state index is 10.7. The highest BCUT2D eigenvalue weighted by Crippen LogP contribution is 2.24. The van der Waals surface area contributed by atoms with Crippen LogP contribution >= 0.6 is 11.8 Å². The van der Waals surface area contributed by atoms with Gasteiger partial charge in [0.05, 0.1) is 6.54 Å². The molecule has 0 radical (unpaired) electrons. The summed E-state index contributed by atoms with van der Waals surface area (Å²) in [6, 6.07) is 0. The van der Waals surface area contributed by atoms with Gasteiger partial charge in [-0.3, -0.25) is 9.69 Å². The molecule has 7 heteroatoms. The number of aliphatic carboxylic acids is 1. The van der Waals surface area contributed by atoms with Crippen LogP contribution in [0.2, 0.25) is 0 Å². The fourth-order valence-corrected chi connectivity index (χ4v) is 1.65. The molecule has 2 N–H and O–H groups in total. The lowest BCUT2D eigenvalue weighted by Gasteiger charge is -2.14. The van der Waals surface area contributed by atoms with Crippen LogP contribution in [-0.2, 0) is 9.59 Å². The summed E-state index contributed by atoms with van der Waals surface area (Å²) < 4.78 is 0. The van der Waals surface area contributed by atoms with Crippen molar-refractivity contribution in [2.75, 3.05) is 6.54 Å². The second-order valence-electron chi connectivity index (χ2n) is 2.09. The van der Waals surface area contributed by atoms with Crippen LogP contribution in [0, 0.1) is 0 Å². The molecule has 1 fully saturated rings. The first kappa shape index (κ1) is 8.85. The number of hydrogen-bond acceptors (Lipinski definition) is 4. The summed E-state index contributed by atoms with van der Waals surface area (Å²) in [5, 5.41) is 15.2. The number of nitrogens with zero attached hydrogens (tertiary/aromatic N) is 1. The Morgan fingerprint density at radius 2 is 2.08 bits per heavy atom. The lowest BCUT2D eigenvalue weighted by Crippen LogP contribution is -2.38. The van der Waals surface area contributed by atoms with E-state index in [1.165, 1.54) is 0 Å². The van der Waals surface area contributed by atoms with Gasteiger partial charge in [0, 0.05) is 0 Å². The van der Waals surface area contributed by atoms with Crippen LogP contribution in [0.3, 0.4) is 0 Å². The topological polar surface area (TPSA) is 94.9 Å². The molecule has 1 heterocycles. The first-order chi connectivity index (χ1) is 5.52. The third kappa shape index (κ3) is 1.50. The van der Waals surface area contributed by atoms with Crippen molar-refractivity contribution in [1.29, 1.82) is 0 Å². The second-order valence-corrected chi connectivity index (χ2v) is 3.23. The molecule has 1 amide bonds. The Bertz CT molecular complexity index is 228. The van der Waals surface area contributed by atoms with Crippen molar-refractivity contribution in [3.63, 3.8) is 0 Å². The zero-order valence-electron chi connectivity index (χ0n) is 5.76. The molecule has 12 heavy (non-hydrogen) atoms. The smallest absolute Gasteiger partial charge is 0.409 e. The molecule has 1 aliphatic rings. The molecule has 1 unspecified atom stereocenters. The summed E-state index contributed by atoms with van der Waals surface area (Å²) >= 11 is 0.517. The SMILES string of the molecule is O=C1CN(C(=O)O)C(C(=O)O)S1. The number of rotatable bonds is 1. The first-order valence-electron chi connectivity index (χ1n) is 2.94. The van der Waals surface area contributed by atoms with E-state index in [0.717, 1.165) is 0 Å². The lowest BCUT2D eigenvalue weighted by atomic mass is 10.5. The van der Waals surface area contributed by atoms with Crippen LogP contribution in [0.15, 0.2) is 0 Å². The third-order valence-electron chi connectivity index (χ3n) is 1.28. The van der Waals surface area contributed by atoms with Crippen LogP contribution in [0.1, 0.15) is 0 Å². The van der Waals surface area contributed by atoms with Crippen molar-refractivity contribution in [3.05, 3.63) is 0 Å². The number of carboxylic acids is 1. The van der Waals surface area contributed by atoms with E-state index in [0.29, 0.717) is 16.7 Å². The normalized spacial score (nSPS) is 22.8. The molecule has 0 aromatic rings. The van der Waals surface area contributed by atoms with Gasteiger partial charge in [-0.05, 0) is 11.8 Å². The van der Waals surface area contributed by atoms with E-state index >= 15 is 0 Å².